The van der Waals surface area contributed by atoms with Crippen LogP contribution in [-0.4, -0.2) is 44.3 Å². The lowest BCUT2D eigenvalue weighted by Gasteiger charge is -2.21. The molecule has 5 nitrogen and oxygen atoms in total. The van der Waals surface area contributed by atoms with E-state index < -0.39 is 16.1 Å². The summed E-state index contributed by atoms with van der Waals surface area (Å²) in [5.41, 5.74) is 0.641. The Balaban J connectivity index is 2.71. The van der Waals surface area contributed by atoms with Crippen molar-refractivity contribution >= 4 is 10.0 Å². The van der Waals surface area contributed by atoms with E-state index in [1.165, 1.54) is 11.4 Å². The van der Waals surface area contributed by atoms with Crippen molar-refractivity contribution in [3.63, 3.8) is 0 Å². The number of ether oxygens (including phenoxy) is 1. The number of benzene rings is 1. The lowest BCUT2D eigenvalue weighted by molar-refractivity contribution is 0.154. The van der Waals surface area contributed by atoms with Crippen LogP contribution in [0.3, 0.4) is 0 Å². The van der Waals surface area contributed by atoms with Crippen molar-refractivity contribution in [3.8, 4) is 5.75 Å². The Bertz CT molecular complexity index is 516. The Morgan fingerprint density at radius 3 is 2.70 bits per heavy atom. The molecule has 0 aliphatic heterocycles. The highest BCUT2D eigenvalue weighted by Gasteiger charge is 2.21. The largest absolute Gasteiger partial charge is 0.497 e. The standard InChI is InChI=1S/C14H23NO4S/c1-4-5-9-20(17,18)15(2)11-14(16)12-7-6-8-13(10-12)19-3/h6-8,10,14,16H,4-5,9,11H2,1-3H3. The molecule has 1 atom stereocenters. The number of aliphatic hydroxyl groups excluding tert-OH is 1. The SMILES string of the molecule is CCCCS(=O)(=O)N(C)CC(O)c1cccc(OC)c1. The lowest BCUT2D eigenvalue weighted by atomic mass is 10.1. The Hall–Kier alpha value is -1.11. The van der Waals surface area contributed by atoms with E-state index in [2.05, 4.69) is 0 Å². The molecule has 20 heavy (non-hydrogen) atoms. The summed E-state index contributed by atoms with van der Waals surface area (Å²) in [4.78, 5) is 0. The quantitative estimate of drug-likeness (QED) is 0.795. The van der Waals surface area contributed by atoms with E-state index in [-0.39, 0.29) is 12.3 Å². The molecule has 0 radical (unpaired) electrons. The van der Waals surface area contributed by atoms with Gasteiger partial charge in [-0.3, -0.25) is 0 Å². The Labute approximate surface area is 121 Å². The highest BCUT2D eigenvalue weighted by molar-refractivity contribution is 7.89. The van der Waals surface area contributed by atoms with Gasteiger partial charge in [0.2, 0.25) is 10.0 Å². The van der Waals surface area contributed by atoms with E-state index in [0.717, 1.165) is 6.42 Å². The van der Waals surface area contributed by atoms with Gasteiger partial charge in [0.05, 0.1) is 19.0 Å². The minimum Gasteiger partial charge on any atom is -0.497 e. The molecule has 0 bridgehead atoms. The van der Waals surface area contributed by atoms with Crippen molar-refractivity contribution in [1.82, 2.24) is 4.31 Å². The van der Waals surface area contributed by atoms with Gasteiger partial charge < -0.3 is 9.84 Å². The van der Waals surface area contributed by atoms with E-state index >= 15 is 0 Å². The second-order valence-electron chi connectivity index (χ2n) is 4.74. The zero-order valence-electron chi connectivity index (χ0n) is 12.2. The highest BCUT2D eigenvalue weighted by Crippen LogP contribution is 2.20. The fourth-order valence-electron chi connectivity index (χ4n) is 1.79. The molecule has 0 amide bonds. The molecule has 1 rings (SSSR count). The zero-order valence-corrected chi connectivity index (χ0v) is 13.1. The van der Waals surface area contributed by atoms with E-state index in [4.69, 9.17) is 4.74 Å². The number of sulfonamides is 1. The maximum Gasteiger partial charge on any atom is 0.213 e. The number of hydrogen-bond acceptors (Lipinski definition) is 4. The van der Waals surface area contributed by atoms with Gasteiger partial charge in [-0.15, -0.1) is 0 Å². The smallest absolute Gasteiger partial charge is 0.213 e. The minimum atomic E-state index is -3.30. The van der Waals surface area contributed by atoms with Gasteiger partial charge in [-0.2, -0.15) is 0 Å². The summed E-state index contributed by atoms with van der Waals surface area (Å²) in [6, 6.07) is 7.00. The number of aliphatic hydroxyl groups is 1. The Morgan fingerprint density at radius 1 is 1.40 bits per heavy atom. The second-order valence-corrected chi connectivity index (χ2v) is 6.94. The van der Waals surface area contributed by atoms with E-state index in [1.807, 2.05) is 6.92 Å². The number of likely N-dealkylation sites (N-methyl/N-ethyl adjacent to an activating group) is 1. The summed E-state index contributed by atoms with van der Waals surface area (Å²) >= 11 is 0. The third-order valence-corrected chi connectivity index (χ3v) is 5.04. The average molecular weight is 301 g/mol. The second kappa shape index (κ2) is 7.61. The monoisotopic (exact) mass is 301 g/mol. The maximum atomic E-state index is 12.0. The van der Waals surface area contributed by atoms with Crippen LogP contribution < -0.4 is 4.74 Å². The average Bonchev–Trinajstić information content (AvgIpc) is 2.45. The molecule has 0 saturated heterocycles. The number of hydrogen-bond donors (Lipinski definition) is 1. The fourth-order valence-corrected chi connectivity index (χ4v) is 3.13. The number of rotatable bonds is 8. The van der Waals surface area contributed by atoms with Gasteiger partial charge in [0, 0.05) is 13.6 Å². The van der Waals surface area contributed by atoms with Crippen molar-refractivity contribution in [2.75, 3.05) is 26.5 Å². The third-order valence-electron chi connectivity index (χ3n) is 3.14. The van der Waals surface area contributed by atoms with Crippen LogP contribution in [0.25, 0.3) is 0 Å². The summed E-state index contributed by atoms with van der Waals surface area (Å²) in [6.45, 7) is 1.99. The molecule has 1 N–H and O–H groups in total. The molecule has 0 aliphatic rings. The molecule has 0 aliphatic carbocycles. The summed E-state index contributed by atoms with van der Waals surface area (Å²) in [5, 5.41) is 10.1. The van der Waals surface area contributed by atoms with Crippen LogP contribution in [0.2, 0.25) is 0 Å². The molecule has 1 unspecified atom stereocenters. The van der Waals surface area contributed by atoms with Crippen molar-refractivity contribution in [2.45, 2.75) is 25.9 Å². The van der Waals surface area contributed by atoms with Crippen LogP contribution in [0.1, 0.15) is 31.4 Å². The van der Waals surface area contributed by atoms with Crippen LogP contribution in [0, 0.1) is 0 Å². The number of unbranched alkanes of at least 4 members (excludes halogenated alkanes) is 1. The normalized spacial score (nSPS) is 13.4. The van der Waals surface area contributed by atoms with Gasteiger partial charge >= 0.3 is 0 Å². The molecule has 0 heterocycles. The van der Waals surface area contributed by atoms with Crippen molar-refractivity contribution in [3.05, 3.63) is 29.8 Å². The summed E-state index contributed by atoms with van der Waals surface area (Å²) in [5.74, 6) is 0.753. The van der Waals surface area contributed by atoms with Crippen LogP contribution in [-0.2, 0) is 10.0 Å². The molecular weight excluding hydrogens is 278 g/mol. The van der Waals surface area contributed by atoms with E-state index in [9.17, 15) is 13.5 Å². The molecule has 1 aromatic rings. The molecule has 0 fully saturated rings. The maximum absolute atomic E-state index is 12.0. The molecule has 114 valence electrons. The van der Waals surface area contributed by atoms with Crippen molar-refractivity contribution in [2.24, 2.45) is 0 Å². The van der Waals surface area contributed by atoms with E-state index in [1.54, 1.807) is 31.4 Å². The molecular formula is C14H23NO4S. The first-order valence-corrected chi connectivity index (χ1v) is 8.27. The summed E-state index contributed by atoms with van der Waals surface area (Å²) in [7, 11) is -0.256. The summed E-state index contributed by atoms with van der Waals surface area (Å²) in [6.07, 6.45) is 0.583. The van der Waals surface area contributed by atoms with Crippen LogP contribution >= 0.6 is 0 Å². The van der Waals surface area contributed by atoms with Crippen LogP contribution in [0.5, 0.6) is 5.75 Å². The molecule has 0 saturated carbocycles. The van der Waals surface area contributed by atoms with E-state index in [0.29, 0.717) is 17.7 Å². The number of nitrogens with zero attached hydrogens (tertiary/aromatic N) is 1. The lowest BCUT2D eigenvalue weighted by Crippen LogP contribution is -2.33. The molecule has 1 aromatic carbocycles. The predicted octanol–water partition coefficient (Wildman–Crippen LogP) is 1.79. The molecule has 0 spiro atoms. The topological polar surface area (TPSA) is 66.8 Å². The molecule has 6 heteroatoms. The zero-order chi connectivity index (χ0) is 15.2. The third kappa shape index (κ3) is 4.77. The van der Waals surface area contributed by atoms with Crippen LogP contribution in [0.4, 0.5) is 0 Å². The van der Waals surface area contributed by atoms with Gasteiger partial charge in [-0.25, -0.2) is 12.7 Å². The number of methoxy groups -OCH3 is 1. The highest BCUT2D eigenvalue weighted by atomic mass is 32.2. The summed E-state index contributed by atoms with van der Waals surface area (Å²) < 4.78 is 30.2. The van der Waals surface area contributed by atoms with Gasteiger partial charge in [0.15, 0.2) is 0 Å². The van der Waals surface area contributed by atoms with Crippen LogP contribution in [0.15, 0.2) is 24.3 Å². The predicted molar refractivity (Wildman–Crippen MR) is 79.3 cm³/mol. The first kappa shape index (κ1) is 16.9. The first-order chi connectivity index (χ1) is 9.40. The van der Waals surface area contributed by atoms with Crippen molar-refractivity contribution in [1.29, 1.82) is 0 Å². The fraction of sp³-hybridized carbons (Fsp3) is 0.571. The first-order valence-electron chi connectivity index (χ1n) is 6.66. The van der Waals surface area contributed by atoms with Gasteiger partial charge in [0.1, 0.15) is 5.75 Å². The minimum absolute atomic E-state index is 0.0409. The van der Waals surface area contributed by atoms with Gasteiger partial charge in [-0.1, -0.05) is 25.5 Å². The van der Waals surface area contributed by atoms with Gasteiger partial charge in [-0.05, 0) is 24.1 Å². The Kier molecular flexibility index (Phi) is 6.45. The Morgan fingerprint density at radius 2 is 2.10 bits per heavy atom. The molecule has 0 aromatic heterocycles. The van der Waals surface area contributed by atoms with Gasteiger partial charge in [0.25, 0.3) is 0 Å². The van der Waals surface area contributed by atoms with Crippen molar-refractivity contribution < 1.29 is 18.3 Å².